The van der Waals surface area contributed by atoms with Crippen molar-refractivity contribution in [3.8, 4) is 0 Å². The van der Waals surface area contributed by atoms with Gasteiger partial charge < -0.3 is 24.0 Å². The van der Waals surface area contributed by atoms with Crippen LogP contribution < -0.4 is 0 Å². The molecule has 3 aliphatic rings. The van der Waals surface area contributed by atoms with Gasteiger partial charge in [0.05, 0.1) is 31.8 Å². The molecule has 0 aromatic rings. The van der Waals surface area contributed by atoms with Crippen LogP contribution in [0.3, 0.4) is 0 Å². The van der Waals surface area contributed by atoms with Gasteiger partial charge >= 0.3 is 12.2 Å². The van der Waals surface area contributed by atoms with Gasteiger partial charge in [0, 0.05) is 13.1 Å². The van der Waals surface area contributed by atoms with Gasteiger partial charge in [-0.2, -0.15) is 0 Å². The maximum Gasteiger partial charge on any atom is 0.411 e. The fraction of sp³-hybridized carbons (Fsp3) is 0.857. The Labute approximate surface area is 178 Å². The molecule has 3 rings (SSSR count). The van der Waals surface area contributed by atoms with Crippen LogP contribution in [0.15, 0.2) is 0 Å². The van der Waals surface area contributed by atoms with Crippen LogP contribution in [0.4, 0.5) is 9.59 Å². The van der Waals surface area contributed by atoms with E-state index in [4.69, 9.17) is 14.2 Å². The number of hydrogen-bond donors (Lipinski definition) is 0. The van der Waals surface area contributed by atoms with Crippen molar-refractivity contribution in [2.45, 2.75) is 83.7 Å². The highest BCUT2D eigenvalue weighted by atomic mass is 16.6. The van der Waals surface area contributed by atoms with Gasteiger partial charge in [-0.25, -0.2) is 9.59 Å². The Morgan fingerprint density at radius 1 is 0.833 bits per heavy atom. The molecule has 3 aliphatic heterocycles. The van der Waals surface area contributed by atoms with Crippen molar-refractivity contribution >= 4 is 18.1 Å². The van der Waals surface area contributed by atoms with E-state index < -0.39 is 29.4 Å². The summed E-state index contributed by atoms with van der Waals surface area (Å²) in [6.07, 6.45) is 0.774. The van der Waals surface area contributed by atoms with E-state index >= 15 is 0 Å². The number of amides is 3. The third kappa shape index (κ3) is 5.17. The molecule has 0 aromatic heterocycles. The first kappa shape index (κ1) is 22.7. The molecule has 3 atom stereocenters. The minimum Gasteiger partial charge on any atom is -0.444 e. The van der Waals surface area contributed by atoms with Crippen LogP contribution in [-0.4, -0.2) is 95.0 Å². The van der Waals surface area contributed by atoms with Crippen molar-refractivity contribution in [1.29, 1.82) is 0 Å². The van der Waals surface area contributed by atoms with E-state index in [0.717, 1.165) is 12.8 Å². The van der Waals surface area contributed by atoms with Gasteiger partial charge in [-0.3, -0.25) is 9.69 Å². The first-order valence-corrected chi connectivity index (χ1v) is 10.7. The zero-order valence-corrected chi connectivity index (χ0v) is 19.0. The smallest absolute Gasteiger partial charge is 0.411 e. The van der Waals surface area contributed by atoms with Crippen LogP contribution in [-0.2, 0) is 19.0 Å². The number of fused-ring (bicyclic) bond motifs is 2. The highest BCUT2D eigenvalue weighted by Crippen LogP contribution is 2.31. The quantitative estimate of drug-likeness (QED) is 0.640. The van der Waals surface area contributed by atoms with Crippen LogP contribution in [0.1, 0.15) is 54.4 Å². The van der Waals surface area contributed by atoms with E-state index in [1.807, 2.05) is 4.90 Å². The van der Waals surface area contributed by atoms with E-state index in [1.165, 1.54) is 9.80 Å². The largest absolute Gasteiger partial charge is 0.444 e. The molecule has 170 valence electrons. The van der Waals surface area contributed by atoms with Crippen molar-refractivity contribution in [2.75, 3.05) is 32.8 Å². The summed E-state index contributed by atoms with van der Waals surface area (Å²) < 4.78 is 16.6. The lowest BCUT2D eigenvalue weighted by Crippen LogP contribution is -2.65. The second-order valence-electron chi connectivity index (χ2n) is 10.3. The van der Waals surface area contributed by atoms with Gasteiger partial charge in [0.1, 0.15) is 17.2 Å². The molecule has 0 N–H and O–H groups in total. The fourth-order valence-electron chi connectivity index (χ4n) is 4.19. The topological polar surface area (TPSA) is 88.6 Å². The number of ether oxygens (including phenoxy) is 3. The molecule has 3 saturated heterocycles. The van der Waals surface area contributed by atoms with Crippen molar-refractivity contribution in [1.82, 2.24) is 14.7 Å². The lowest BCUT2D eigenvalue weighted by atomic mass is 10.1. The summed E-state index contributed by atoms with van der Waals surface area (Å²) in [5.41, 5.74) is -1.31. The van der Waals surface area contributed by atoms with Crippen LogP contribution in [0.5, 0.6) is 0 Å². The first-order chi connectivity index (χ1) is 13.9. The summed E-state index contributed by atoms with van der Waals surface area (Å²) in [5, 5.41) is 0. The molecular weight excluding hydrogens is 390 g/mol. The van der Waals surface area contributed by atoms with Crippen molar-refractivity contribution < 1.29 is 28.6 Å². The Morgan fingerprint density at radius 2 is 1.37 bits per heavy atom. The standard InChI is InChI=1S/C21H35N3O6/c1-20(2,3)29-18(26)22-9-10-23(19(27)30-21(4,5)6)16(11-22)17(25)24-14-7-8-15(24)13-28-12-14/h14-16H,7-13H2,1-6H3. The Bertz CT molecular complexity index is 667. The van der Waals surface area contributed by atoms with Crippen LogP contribution in [0.25, 0.3) is 0 Å². The summed E-state index contributed by atoms with van der Waals surface area (Å²) >= 11 is 0. The first-order valence-electron chi connectivity index (χ1n) is 10.7. The van der Waals surface area contributed by atoms with E-state index in [-0.39, 0.29) is 37.6 Å². The molecular formula is C21H35N3O6. The summed E-state index contributed by atoms with van der Waals surface area (Å²) in [7, 11) is 0. The number of rotatable bonds is 1. The molecule has 9 nitrogen and oxygen atoms in total. The number of hydrogen-bond acceptors (Lipinski definition) is 6. The van der Waals surface area contributed by atoms with E-state index in [2.05, 4.69) is 0 Å². The van der Waals surface area contributed by atoms with Gasteiger partial charge in [0.2, 0.25) is 5.91 Å². The fourth-order valence-corrected chi connectivity index (χ4v) is 4.19. The molecule has 9 heteroatoms. The van der Waals surface area contributed by atoms with E-state index in [1.54, 1.807) is 41.5 Å². The SMILES string of the molecule is CC(C)(C)OC(=O)N1CCN(C(=O)OC(C)(C)C)C(C(=O)N2C3CCC2COC3)C1. The minimum atomic E-state index is -0.803. The molecule has 0 radical (unpaired) electrons. The van der Waals surface area contributed by atoms with Gasteiger partial charge in [-0.1, -0.05) is 0 Å². The molecule has 0 saturated carbocycles. The van der Waals surface area contributed by atoms with Crippen molar-refractivity contribution in [2.24, 2.45) is 0 Å². The van der Waals surface area contributed by atoms with E-state index in [9.17, 15) is 14.4 Å². The summed E-state index contributed by atoms with van der Waals surface area (Å²) in [6.45, 7) is 12.4. The molecule has 0 aliphatic carbocycles. The van der Waals surface area contributed by atoms with Gasteiger partial charge in [-0.05, 0) is 54.4 Å². The second kappa shape index (κ2) is 8.24. The predicted octanol–water partition coefficient (Wildman–Crippen LogP) is 2.23. The molecule has 0 spiro atoms. The van der Waals surface area contributed by atoms with Crippen LogP contribution in [0, 0.1) is 0 Å². The number of piperazine rings is 1. The minimum absolute atomic E-state index is 0.0219. The number of nitrogens with zero attached hydrogens (tertiary/aromatic N) is 3. The van der Waals surface area contributed by atoms with Crippen LogP contribution >= 0.6 is 0 Å². The molecule has 0 aromatic carbocycles. The van der Waals surface area contributed by atoms with Crippen molar-refractivity contribution in [3.05, 3.63) is 0 Å². The third-order valence-electron chi connectivity index (χ3n) is 5.44. The maximum atomic E-state index is 13.6. The Kier molecular flexibility index (Phi) is 6.23. The van der Waals surface area contributed by atoms with E-state index in [0.29, 0.717) is 13.2 Å². The monoisotopic (exact) mass is 425 g/mol. The normalized spacial score (nSPS) is 27.1. The second-order valence-corrected chi connectivity index (χ2v) is 10.3. The Balaban J connectivity index is 1.80. The zero-order chi connectivity index (χ0) is 22.3. The average Bonchev–Trinajstić information content (AvgIpc) is 2.86. The average molecular weight is 426 g/mol. The maximum absolute atomic E-state index is 13.6. The lowest BCUT2D eigenvalue weighted by Gasteiger charge is -2.44. The zero-order valence-electron chi connectivity index (χ0n) is 19.0. The van der Waals surface area contributed by atoms with Gasteiger partial charge in [-0.15, -0.1) is 0 Å². The molecule has 3 heterocycles. The Morgan fingerprint density at radius 3 is 1.90 bits per heavy atom. The van der Waals surface area contributed by atoms with Crippen molar-refractivity contribution in [3.63, 3.8) is 0 Å². The molecule has 30 heavy (non-hydrogen) atoms. The number of morpholine rings is 1. The Hall–Kier alpha value is -2.03. The predicted molar refractivity (Wildman–Crippen MR) is 109 cm³/mol. The van der Waals surface area contributed by atoms with Crippen LogP contribution in [0.2, 0.25) is 0 Å². The molecule has 3 amide bonds. The summed E-state index contributed by atoms with van der Waals surface area (Å²) in [6, 6.07) is -0.760. The number of carbonyl (C=O) groups excluding carboxylic acids is 3. The van der Waals surface area contributed by atoms with Gasteiger partial charge in [0.25, 0.3) is 0 Å². The molecule has 2 bridgehead atoms. The lowest BCUT2D eigenvalue weighted by molar-refractivity contribution is -0.148. The highest BCUT2D eigenvalue weighted by molar-refractivity contribution is 5.88. The number of carbonyl (C=O) groups is 3. The van der Waals surface area contributed by atoms with Gasteiger partial charge in [0.15, 0.2) is 0 Å². The summed E-state index contributed by atoms with van der Waals surface area (Å²) in [4.78, 5) is 43.9. The third-order valence-corrected chi connectivity index (χ3v) is 5.44. The highest BCUT2D eigenvalue weighted by Gasteiger charge is 2.47. The molecule has 3 unspecified atom stereocenters. The molecule has 3 fully saturated rings. The summed E-state index contributed by atoms with van der Waals surface area (Å²) in [5.74, 6) is -0.148.